The van der Waals surface area contributed by atoms with Gasteiger partial charge in [0.25, 0.3) is 0 Å². The molecule has 2 heterocycles. The lowest BCUT2D eigenvalue weighted by Crippen LogP contribution is -2.34. The maximum Gasteiger partial charge on any atom is 0.322 e. The molecular weight excluding hydrogens is 316 g/mol. The van der Waals surface area contributed by atoms with Crippen molar-refractivity contribution in [3.63, 3.8) is 0 Å². The Labute approximate surface area is 147 Å². The lowest BCUT2D eigenvalue weighted by atomic mass is 10.0. The molecule has 2 aromatic carbocycles. The van der Waals surface area contributed by atoms with Gasteiger partial charge in [0.15, 0.2) is 11.5 Å². The quantitative estimate of drug-likeness (QED) is 0.892. The Morgan fingerprint density at radius 2 is 1.80 bits per heavy atom. The number of nitrogens with zero attached hydrogens (tertiary/aromatic N) is 1. The first kappa shape index (κ1) is 15.8. The molecule has 0 radical (unpaired) electrons. The number of benzene rings is 2. The minimum Gasteiger partial charge on any atom is -0.490 e. The average molecular weight is 338 g/mol. The van der Waals surface area contributed by atoms with Gasteiger partial charge in [-0.3, -0.25) is 0 Å². The molecule has 0 bridgehead atoms. The molecule has 1 saturated heterocycles. The first-order chi connectivity index (χ1) is 12.3. The van der Waals surface area contributed by atoms with Crippen molar-refractivity contribution in [3.8, 4) is 11.5 Å². The van der Waals surface area contributed by atoms with Gasteiger partial charge in [0.05, 0.1) is 19.3 Å². The third-order valence-electron chi connectivity index (χ3n) is 4.70. The van der Waals surface area contributed by atoms with Crippen molar-refractivity contribution >= 4 is 11.7 Å². The molecule has 2 aromatic rings. The summed E-state index contributed by atoms with van der Waals surface area (Å²) >= 11 is 0. The highest BCUT2D eigenvalue weighted by molar-refractivity contribution is 5.89. The number of para-hydroxylation sites is 1. The second kappa shape index (κ2) is 7.05. The fourth-order valence-corrected chi connectivity index (χ4v) is 3.46. The number of hydrogen-bond acceptors (Lipinski definition) is 3. The molecule has 0 unspecified atom stereocenters. The van der Waals surface area contributed by atoms with Gasteiger partial charge < -0.3 is 19.7 Å². The van der Waals surface area contributed by atoms with Crippen molar-refractivity contribution in [1.82, 2.24) is 4.90 Å². The molecule has 1 N–H and O–H groups in total. The number of nitrogens with one attached hydrogen (secondary N) is 1. The standard InChI is InChI=1S/C20H22N2O3/c23-20(21-16-6-2-1-3-7-16)22-11-4-8-17(22)15-9-10-18-19(14-15)25-13-5-12-24-18/h1-3,6-7,9-10,14,17H,4-5,8,11-13H2,(H,21,23)/t17-/m0/s1. The second-order valence-corrected chi connectivity index (χ2v) is 6.40. The van der Waals surface area contributed by atoms with Crippen LogP contribution in [0.25, 0.3) is 0 Å². The average Bonchev–Trinajstić information content (AvgIpc) is 3.01. The number of anilines is 1. The zero-order valence-electron chi connectivity index (χ0n) is 14.1. The molecule has 0 saturated carbocycles. The number of rotatable bonds is 2. The fourth-order valence-electron chi connectivity index (χ4n) is 3.46. The predicted octanol–water partition coefficient (Wildman–Crippen LogP) is 4.22. The number of urea groups is 1. The van der Waals surface area contributed by atoms with Crippen molar-refractivity contribution in [2.24, 2.45) is 0 Å². The number of carbonyl (C=O) groups is 1. The Bertz CT molecular complexity index is 748. The first-order valence-corrected chi connectivity index (χ1v) is 8.83. The van der Waals surface area contributed by atoms with Crippen LogP contribution in [0.15, 0.2) is 48.5 Å². The van der Waals surface area contributed by atoms with Gasteiger partial charge in [-0.15, -0.1) is 0 Å². The van der Waals surface area contributed by atoms with Gasteiger partial charge in [-0.1, -0.05) is 24.3 Å². The fraction of sp³-hybridized carbons (Fsp3) is 0.350. The number of fused-ring (bicyclic) bond motifs is 1. The highest BCUT2D eigenvalue weighted by Crippen LogP contribution is 2.38. The van der Waals surface area contributed by atoms with Crippen LogP contribution in [0.2, 0.25) is 0 Å². The third kappa shape index (κ3) is 3.40. The molecule has 130 valence electrons. The Kier molecular flexibility index (Phi) is 4.46. The summed E-state index contributed by atoms with van der Waals surface area (Å²) in [5.74, 6) is 1.57. The Morgan fingerprint density at radius 1 is 1.00 bits per heavy atom. The van der Waals surface area contributed by atoms with Crippen LogP contribution < -0.4 is 14.8 Å². The maximum absolute atomic E-state index is 12.7. The van der Waals surface area contributed by atoms with Crippen LogP contribution in [0.1, 0.15) is 30.9 Å². The third-order valence-corrected chi connectivity index (χ3v) is 4.70. The number of ether oxygens (including phenoxy) is 2. The molecule has 2 aliphatic rings. The Hall–Kier alpha value is -2.69. The summed E-state index contributed by atoms with van der Waals surface area (Å²) in [6.07, 6.45) is 2.85. The summed E-state index contributed by atoms with van der Waals surface area (Å²) in [6.45, 7) is 2.11. The monoisotopic (exact) mass is 338 g/mol. The van der Waals surface area contributed by atoms with E-state index in [1.54, 1.807) is 0 Å². The predicted molar refractivity (Wildman–Crippen MR) is 96.2 cm³/mol. The summed E-state index contributed by atoms with van der Waals surface area (Å²) in [5.41, 5.74) is 1.92. The van der Waals surface area contributed by atoms with Crippen LogP contribution >= 0.6 is 0 Å². The summed E-state index contributed by atoms with van der Waals surface area (Å²) in [5, 5.41) is 2.99. The molecule has 1 fully saturated rings. The minimum atomic E-state index is -0.0548. The summed E-state index contributed by atoms with van der Waals surface area (Å²) in [6, 6.07) is 15.6. The zero-order valence-corrected chi connectivity index (χ0v) is 14.1. The van der Waals surface area contributed by atoms with Crippen molar-refractivity contribution in [2.45, 2.75) is 25.3 Å². The van der Waals surface area contributed by atoms with E-state index >= 15 is 0 Å². The maximum atomic E-state index is 12.7. The Morgan fingerprint density at radius 3 is 2.64 bits per heavy atom. The molecule has 0 aromatic heterocycles. The van der Waals surface area contributed by atoms with Gasteiger partial charge in [-0.2, -0.15) is 0 Å². The second-order valence-electron chi connectivity index (χ2n) is 6.40. The highest BCUT2D eigenvalue weighted by atomic mass is 16.5. The van der Waals surface area contributed by atoms with E-state index in [1.165, 1.54) is 0 Å². The summed E-state index contributed by atoms with van der Waals surface area (Å²) in [7, 11) is 0. The number of carbonyl (C=O) groups excluding carboxylic acids is 1. The number of hydrogen-bond donors (Lipinski definition) is 1. The van der Waals surface area contributed by atoms with E-state index in [4.69, 9.17) is 9.47 Å². The van der Waals surface area contributed by atoms with E-state index in [1.807, 2.05) is 53.4 Å². The van der Waals surface area contributed by atoms with E-state index in [9.17, 15) is 4.79 Å². The van der Waals surface area contributed by atoms with Crippen LogP contribution in [0.3, 0.4) is 0 Å². The SMILES string of the molecule is O=C(Nc1ccccc1)N1CCC[C@H]1c1ccc2c(c1)OCCCO2. The largest absolute Gasteiger partial charge is 0.490 e. The lowest BCUT2D eigenvalue weighted by molar-refractivity contribution is 0.207. The first-order valence-electron chi connectivity index (χ1n) is 8.83. The molecule has 2 amide bonds. The molecule has 5 heteroatoms. The number of likely N-dealkylation sites (tertiary alicyclic amines) is 1. The van der Waals surface area contributed by atoms with Gasteiger partial charge in [0.1, 0.15) is 0 Å². The normalized spacial score (nSPS) is 19.4. The smallest absolute Gasteiger partial charge is 0.322 e. The van der Waals surface area contributed by atoms with E-state index in [-0.39, 0.29) is 12.1 Å². The van der Waals surface area contributed by atoms with Crippen molar-refractivity contribution in [1.29, 1.82) is 0 Å². The van der Waals surface area contributed by atoms with Crippen molar-refractivity contribution < 1.29 is 14.3 Å². The van der Waals surface area contributed by atoms with Crippen LogP contribution in [0, 0.1) is 0 Å². The molecule has 2 aliphatic heterocycles. The van der Waals surface area contributed by atoms with E-state index in [2.05, 4.69) is 5.32 Å². The topological polar surface area (TPSA) is 50.8 Å². The van der Waals surface area contributed by atoms with E-state index in [0.717, 1.165) is 48.6 Å². The van der Waals surface area contributed by atoms with Gasteiger partial charge in [0.2, 0.25) is 0 Å². The van der Waals surface area contributed by atoms with Crippen LogP contribution in [-0.2, 0) is 0 Å². The molecule has 0 aliphatic carbocycles. The molecule has 0 spiro atoms. The molecule has 25 heavy (non-hydrogen) atoms. The van der Waals surface area contributed by atoms with Crippen molar-refractivity contribution in [3.05, 3.63) is 54.1 Å². The van der Waals surface area contributed by atoms with Gasteiger partial charge in [0, 0.05) is 18.7 Å². The highest BCUT2D eigenvalue weighted by Gasteiger charge is 2.30. The van der Waals surface area contributed by atoms with Gasteiger partial charge in [-0.05, 0) is 42.7 Å². The molecular formula is C20H22N2O3. The molecule has 4 rings (SSSR count). The summed E-state index contributed by atoms with van der Waals surface area (Å²) in [4.78, 5) is 14.6. The van der Waals surface area contributed by atoms with E-state index in [0.29, 0.717) is 13.2 Å². The van der Waals surface area contributed by atoms with Gasteiger partial charge >= 0.3 is 6.03 Å². The summed E-state index contributed by atoms with van der Waals surface area (Å²) < 4.78 is 11.5. The minimum absolute atomic E-state index is 0.0548. The molecule has 1 atom stereocenters. The van der Waals surface area contributed by atoms with E-state index < -0.39 is 0 Å². The van der Waals surface area contributed by atoms with Crippen LogP contribution in [0.4, 0.5) is 10.5 Å². The Balaban J connectivity index is 1.53. The van der Waals surface area contributed by atoms with Crippen LogP contribution in [-0.4, -0.2) is 30.7 Å². The van der Waals surface area contributed by atoms with Crippen molar-refractivity contribution in [2.75, 3.05) is 25.1 Å². The number of amides is 2. The molecule has 5 nitrogen and oxygen atoms in total. The lowest BCUT2D eigenvalue weighted by Gasteiger charge is -2.26. The zero-order chi connectivity index (χ0) is 17.1. The van der Waals surface area contributed by atoms with Gasteiger partial charge in [-0.25, -0.2) is 4.79 Å². The van der Waals surface area contributed by atoms with Crippen LogP contribution in [0.5, 0.6) is 11.5 Å².